The molecule has 96 valence electrons. The van der Waals surface area contributed by atoms with E-state index >= 15 is 0 Å². The molecule has 0 bridgehead atoms. The lowest BCUT2D eigenvalue weighted by Gasteiger charge is -2.11. The molecule has 1 nitrogen and oxygen atoms in total. The molecule has 0 aromatic heterocycles. The molecule has 2 aromatic carbocycles. The highest BCUT2D eigenvalue weighted by Crippen LogP contribution is 2.16. The molecule has 0 aliphatic rings. The lowest BCUT2D eigenvalue weighted by molar-refractivity contribution is 1.13. The highest BCUT2D eigenvalue weighted by molar-refractivity contribution is 5.75. The predicted octanol–water partition coefficient (Wildman–Crippen LogP) is 4.57. The second-order valence-corrected chi connectivity index (χ2v) is 4.65. The van der Waals surface area contributed by atoms with Crippen molar-refractivity contribution in [1.29, 1.82) is 0 Å². The molecule has 0 saturated carbocycles. The highest BCUT2D eigenvalue weighted by Gasteiger charge is 1.95. The summed E-state index contributed by atoms with van der Waals surface area (Å²) in [4.78, 5) is 2.10. The molecule has 0 atom stereocenters. The molecule has 0 aliphatic carbocycles. The van der Waals surface area contributed by atoms with Crippen LogP contribution in [0.15, 0.2) is 55.1 Å². The summed E-state index contributed by atoms with van der Waals surface area (Å²) in [6, 6.07) is 16.7. The Morgan fingerprint density at radius 2 is 1.47 bits per heavy atom. The second-order valence-electron chi connectivity index (χ2n) is 4.65. The van der Waals surface area contributed by atoms with Crippen LogP contribution in [0.25, 0.3) is 18.2 Å². The number of hydrogen-bond donors (Lipinski definition) is 0. The number of rotatable bonds is 4. The van der Waals surface area contributed by atoms with Crippen molar-refractivity contribution in [1.82, 2.24) is 0 Å². The Morgan fingerprint density at radius 1 is 0.842 bits per heavy atom. The van der Waals surface area contributed by atoms with E-state index < -0.39 is 0 Å². The van der Waals surface area contributed by atoms with Crippen LogP contribution in [0.1, 0.15) is 16.7 Å². The van der Waals surface area contributed by atoms with E-state index in [4.69, 9.17) is 0 Å². The Balaban J connectivity index is 2.20. The molecule has 0 heterocycles. The van der Waals surface area contributed by atoms with Crippen LogP contribution in [0.4, 0.5) is 5.69 Å². The van der Waals surface area contributed by atoms with Crippen molar-refractivity contribution in [2.24, 2.45) is 0 Å². The largest absolute Gasteiger partial charge is 0.378 e. The summed E-state index contributed by atoms with van der Waals surface area (Å²) in [6.45, 7) is 3.84. The SMILES string of the molecule is C=Cc1ccccc1C=Cc1ccc(N(C)C)cc1. The zero-order valence-electron chi connectivity index (χ0n) is 11.5. The average molecular weight is 249 g/mol. The Morgan fingerprint density at radius 3 is 2.05 bits per heavy atom. The maximum atomic E-state index is 3.84. The third-order valence-electron chi connectivity index (χ3n) is 3.08. The van der Waals surface area contributed by atoms with E-state index in [0.29, 0.717) is 0 Å². The maximum absolute atomic E-state index is 3.84. The first-order valence-corrected chi connectivity index (χ1v) is 6.37. The lowest BCUT2D eigenvalue weighted by atomic mass is 10.1. The molecular weight excluding hydrogens is 230 g/mol. The van der Waals surface area contributed by atoms with Crippen LogP contribution in [0, 0.1) is 0 Å². The minimum atomic E-state index is 1.16. The molecule has 0 saturated heterocycles. The van der Waals surface area contributed by atoms with Crippen molar-refractivity contribution in [3.05, 3.63) is 71.8 Å². The predicted molar refractivity (Wildman–Crippen MR) is 86.2 cm³/mol. The van der Waals surface area contributed by atoms with Gasteiger partial charge < -0.3 is 4.90 Å². The lowest BCUT2D eigenvalue weighted by Crippen LogP contribution is -2.07. The molecule has 0 fully saturated rings. The van der Waals surface area contributed by atoms with Gasteiger partial charge >= 0.3 is 0 Å². The topological polar surface area (TPSA) is 3.24 Å². The Hall–Kier alpha value is -2.28. The van der Waals surface area contributed by atoms with Gasteiger partial charge in [0.1, 0.15) is 0 Å². The van der Waals surface area contributed by atoms with E-state index in [0.717, 1.165) is 5.56 Å². The fraction of sp³-hybridized carbons (Fsp3) is 0.111. The summed E-state index contributed by atoms with van der Waals surface area (Å²) >= 11 is 0. The van der Waals surface area contributed by atoms with Gasteiger partial charge in [-0.1, -0.05) is 61.2 Å². The summed E-state index contributed by atoms with van der Waals surface area (Å²) in [6.07, 6.45) is 6.14. The van der Waals surface area contributed by atoms with Gasteiger partial charge in [0.05, 0.1) is 0 Å². The first-order chi connectivity index (χ1) is 9.20. The zero-order chi connectivity index (χ0) is 13.7. The van der Waals surface area contributed by atoms with Gasteiger partial charge in [-0.2, -0.15) is 0 Å². The van der Waals surface area contributed by atoms with Gasteiger partial charge in [0.2, 0.25) is 0 Å². The molecule has 0 aliphatic heterocycles. The van der Waals surface area contributed by atoms with E-state index in [1.165, 1.54) is 16.8 Å². The molecule has 0 unspecified atom stereocenters. The van der Waals surface area contributed by atoms with Crippen LogP contribution in [-0.4, -0.2) is 14.1 Å². The van der Waals surface area contributed by atoms with Crippen LogP contribution in [-0.2, 0) is 0 Å². The Bertz CT molecular complexity index is 577. The first kappa shape index (κ1) is 13.2. The van der Waals surface area contributed by atoms with E-state index in [1.807, 2.05) is 32.3 Å². The molecule has 2 aromatic rings. The molecule has 0 N–H and O–H groups in total. The van der Waals surface area contributed by atoms with Crippen LogP contribution in [0.5, 0.6) is 0 Å². The van der Waals surface area contributed by atoms with Crippen LogP contribution >= 0.6 is 0 Å². The highest BCUT2D eigenvalue weighted by atomic mass is 15.1. The van der Waals surface area contributed by atoms with Crippen LogP contribution < -0.4 is 4.90 Å². The van der Waals surface area contributed by atoms with Gasteiger partial charge in [0.15, 0.2) is 0 Å². The summed E-state index contributed by atoms with van der Waals surface area (Å²) in [5, 5.41) is 0. The molecule has 19 heavy (non-hydrogen) atoms. The minimum absolute atomic E-state index is 1.16. The maximum Gasteiger partial charge on any atom is 0.0361 e. The molecule has 0 radical (unpaired) electrons. The van der Waals surface area contributed by atoms with Gasteiger partial charge in [0.25, 0.3) is 0 Å². The minimum Gasteiger partial charge on any atom is -0.378 e. The van der Waals surface area contributed by atoms with E-state index in [9.17, 15) is 0 Å². The third-order valence-corrected chi connectivity index (χ3v) is 3.08. The zero-order valence-corrected chi connectivity index (χ0v) is 11.5. The van der Waals surface area contributed by atoms with Gasteiger partial charge in [-0.05, 0) is 28.8 Å². The van der Waals surface area contributed by atoms with Crippen molar-refractivity contribution in [3.8, 4) is 0 Å². The molecule has 0 amide bonds. The molecule has 0 spiro atoms. The summed E-state index contributed by atoms with van der Waals surface area (Å²) in [5.41, 5.74) is 4.76. The van der Waals surface area contributed by atoms with Crippen molar-refractivity contribution in [3.63, 3.8) is 0 Å². The van der Waals surface area contributed by atoms with Gasteiger partial charge in [-0.25, -0.2) is 0 Å². The van der Waals surface area contributed by atoms with Gasteiger partial charge in [0, 0.05) is 19.8 Å². The second kappa shape index (κ2) is 6.05. The van der Waals surface area contributed by atoms with Crippen LogP contribution in [0.3, 0.4) is 0 Å². The van der Waals surface area contributed by atoms with E-state index in [2.05, 4.69) is 60.0 Å². The number of benzene rings is 2. The Labute approximate surface area is 115 Å². The molecule has 2 rings (SSSR count). The number of nitrogens with zero attached hydrogens (tertiary/aromatic N) is 1. The first-order valence-electron chi connectivity index (χ1n) is 6.37. The van der Waals surface area contributed by atoms with Crippen molar-refractivity contribution in [2.45, 2.75) is 0 Å². The monoisotopic (exact) mass is 249 g/mol. The van der Waals surface area contributed by atoms with Crippen molar-refractivity contribution >= 4 is 23.9 Å². The average Bonchev–Trinajstić information content (AvgIpc) is 2.45. The number of hydrogen-bond acceptors (Lipinski definition) is 1. The quantitative estimate of drug-likeness (QED) is 0.718. The normalized spacial score (nSPS) is 10.6. The Kier molecular flexibility index (Phi) is 4.19. The van der Waals surface area contributed by atoms with Crippen LogP contribution in [0.2, 0.25) is 0 Å². The number of anilines is 1. The molecule has 1 heteroatoms. The third kappa shape index (κ3) is 3.35. The van der Waals surface area contributed by atoms with Gasteiger partial charge in [-0.15, -0.1) is 0 Å². The fourth-order valence-corrected chi connectivity index (χ4v) is 1.92. The summed E-state index contributed by atoms with van der Waals surface area (Å²) < 4.78 is 0. The van der Waals surface area contributed by atoms with E-state index in [1.54, 1.807) is 0 Å². The smallest absolute Gasteiger partial charge is 0.0361 e. The van der Waals surface area contributed by atoms with E-state index in [-0.39, 0.29) is 0 Å². The molecular formula is C18H19N. The fourth-order valence-electron chi connectivity index (χ4n) is 1.92. The summed E-state index contributed by atoms with van der Waals surface area (Å²) in [7, 11) is 4.09. The van der Waals surface area contributed by atoms with Crippen molar-refractivity contribution in [2.75, 3.05) is 19.0 Å². The van der Waals surface area contributed by atoms with Gasteiger partial charge in [-0.3, -0.25) is 0 Å². The summed E-state index contributed by atoms with van der Waals surface area (Å²) in [5.74, 6) is 0. The standard InChI is InChI=1S/C18H19N/c1-4-16-7-5-6-8-17(16)12-9-15-10-13-18(14-11-15)19(2)3/h4-14H,1H2,2-3H3. The van der Waals surface area contributed by atoms with Crippen molar-refractivity contribution < 1.29 is 0 Å².